The molecule has 2 aromatic carbocycles. The highest BCUT2D eigenvalue weighted by atomic mass is 35.5. The van der Waals surface area contributed by atoms with Crippen LogP contribution in [0.25, 0.3) is 0 Å². The van der Waals surface area contributed by atoms with Crippen LogP contribution in [0.2, 0.25) is 10.0 Å². The van der Waals surface area contributed by atoms with Gasteiger partial charge in [0, 0.05) is 27.8 Å². The second-order valence-corrected chi connectivity index (χ2v) is 6.15. The largest absolute Gasteiger partial charge is 0.489 e. The number of rotatable bonds is 5. The number of amides is 1. The Bertz CT molecular complexity index is 717. The van der Waals surface area contributed by atoms with Gasteiger partial charge in [0.25, 0.3) is 0 Å². The van der Waals surface area contributed by atoms with E-state index in [1.165, 1.54) is 0 Å². The Morgan fingerprint density at radius 3 is 2.42 bits per heavy atom. The minimum absolute atomic E-state index is 0.263. The highest BCUT2D eigenvalue weighted by Crippen LogP contribution is 2.27. The van der Waals surface area contributed by atoms with E-state index >= 15 is 0 Å². The fraction of sp³-hybridized carbons (Fsp3) is 0.235. The van der Waals surface area contributed by atoms with Gasteiger partial charge >= 0.3 is 6.09 Å². The van der Waals surface area contributed by atoms with Crippen LogP contribution in [0, 0.1) is 0 Å². The number of cyclic esters (lactones) is 1. The minimum Gasteiger partial charge on any atom is -0.489 e. The number of nitrogens with two attached hydrogens (primary N) is 1. The number of carbonyl (C=O) groups is 1. The maximum atomic E-state index is 11.8. The number of halogens is 2. The third-order valence-corrected chi connectivity index (χ3v) is 4.44. The van der Waals surface area contributed by atoms with Gasteiger partial charge in [0.1, 0.15) is 18.5 Å². The summed E-state index contributed by atoms with van der Waals surface area (Å²) in [5.41, 5.74) is 7.00. The molecule has 1 aliphatic heterocycles. The number of carbonyl (C=O) groups excluding carboxylic acids is 1. The second kappa shape index (κ2) is 7.30. The first kappa shape index (κ1) is 16.9. The molecule has 2 N–H and O–H groups in total. The molecular weight excluding hydrogens is 351 g/mol. The highest BCUT2D eigenvalue weighted by Gasteiger charge is 2.31. The Hall–Kier alpha value is -1.95. The maximum Gasteiger partial charge on any atom is 0.414 e. The molecular formula is C17H16Cl2N2O3. The number of nitrogens with zero attached hydrogens (tertiary/aromatic N) is 1. The molecule has 1 saturated heterocycles. The van der Waals surface area contributed by atoms with Gasteiger partial charge in [-0.25, -0.2) is 4.79 Å². The van der Waals surface area contributed by atoms with Crippen molar-refractivity contribution in [2.24, 2.45) is 5.73 Å². The third-order valence-electron chi connectivity index (χ3n) is 3.73. The van der Waals surface area contributed by atoms with E-state index in [2.05, 4.69) is 0 Å². The molecule has 7 heteroatoms. The third kappa shape index (κ3) is 3.59. The van der Waals surface area contributed by atoms with Crippen molar-refractivity contribution in [3.05, 3.63) is 58.1 Å². The zero-order valence-electron chi connectivity index (χ0n) is 12.7. The molecule has 1 aliphatic rings. The predicted molar refractivity (Wildman–Crippen MR) is 93.9 cm³/mol. The molecule has 5 nitrogen and oxygen atoms in total. The van der Waals surface area contributed by atoms with Crippen molar-refractivity contribution in [1.29, 1.82) is 0 Å². The van der Waals surface area contributed by atoms with Crippen molar-refractivity contribution in [2.45, 2.75) is 12.7 Å². The van der Waals surface area contributed by atoms with Crippen molar-refractivity contribution in [1.82, 2.24) is 0 Å². The van der Waals surface area contributed by atoms with E-state index in [9.17, 15) is 4.79 Å². The summed E-state index contributed by atoms with van der Waals surface area (Å²) < 4.78 is 10.9. The Labute approximate surface area is 149 Å². The molecule has 0 spiro atoms. The molecule has 126 valence electrons. The zero-order valence-corrected chi connectivity index (χ0v) is 14.3. The lowest BCUT2D eigenvalue weighted by Gasteiger charge is -2.14. The van der Waals surface area contributed by atoms with E-state index in [0.717, 1.165) is 11.3 Å². The molecule has 24 heavy (non-hydrogen) atoms. The summed E-state index contributed by atoms with van der Waals surface area (Å²) in [5, 5.41) is 1.12. The molecule has 0 aliphatic carbocycles. The quantitative estimate of drug-likeness (QED) is 0.872. The number of hydrogen-bond acceptors (Lipinski definition) is 4. The standard InChI is InChI=1S/C17H16Cl2N2O3/c18-15-2-1-3-16(19)14(15)10-23-12-6-4-11(5-7-12)21-9-13(8-20)24-17(21)22/h1-7,13H,8-10,20H2. The SMILES string of the molecule is NCC1CN(c2ccc(OCc3c(Cl)cccc3Cl)cc2)C(=O)O1. The molecule has 2 aromatic rings. The second-order valence-electron chi connectivity index (χ2n) is 5.33. The van der Waals surface area contributed by atoms with E-state index in [0.29, 0.717) is 28.9 Å². The minimum atomic E-state index is -0.387. The number of hydrogen-bond donors (Lipinski definition) is 1. The summed E-state index contributed by atoms with van der Waals surface area (Å²) in [5.74, 6) is 0.651. The van der Waals surface area contributed by atoms with Crippen LogP contribution in [0.1, 0.15) is 5.56 Å². The summed E-state index contributed by atoms with van der Waals surface area (Å²) in [6.45, 7) is 1.02. The number of benzene rings is 2. The van der Waals surface area contributed by atoms with Crippen molar-refractivity contribution in [2.75, 3.05) is 18.0 Å². The van der Waals surface area contributed by atoms with E-state index in [-0.39, 0.29) is 18.8 Å². The van der Waals surface area contributed by atoms with Gasteiger partial charge in [-0.05, 0) is 36.4 Å². The molecule has 3 rings (SSSR count). The fourth-order valence-electron chi connectivity index (χ4n) is 2.40. The lowest BCUT2D eigenvalue weighted by Crippen LogP contribution is -2.27. The Morgan fingerprint density at radius 1 is 1.17 bits per heavy atom. The summed E-state index contributed by atoms with van der Waals surface area (Å²) in [7, 11) is 0. The van der Waals surface area contributed by atoms with E-state index in [1.807, 2.05) is 0 Å². The van der Waals surface area contributed by atoms with Crippen LogP contribution in [0.4, 0.5) is 10.5 Å². The number of anilines is 1. The molecule has 1 amide bonds. The fourth-order valence-corrected chi connectivity index (χ4v) is 2.91. The average Bonchev–Trinajstić information content (AvgIpc) is 2.96. The first-order valence-electron chi connectivity index (χ1n) is 7.42. The Kier molecular flexibility index (Phi) is 5.14. The summed E-state index contributed by atoms with van der Waals surface area (Å²) in [6.07, 6.45) is -0.655. The van der Waals surface area contributed by atoms with E-state index < -0.39 is 0 Å². The van der Waals surface area contributed by atoms with Crippen LogP contribution in [0.15, 0.2) is 42.5 Å². The van der Waals surface area contributed by atoms with Gasteiger partial charge in [-0.1, -0.05) is 29.3 Å². The first-order valence-corrected chi connectivity index (χ1v) is 8.18. The van der Waals surface area contributed by atoms with Crippen LogP contribution in [-0.4, -0.2) is 25.3 Å². The Balaban J connectivity index is 1.66. The van der Waals surface area contributed by atoms with Crippen LogP contribution in [0.5, 0.6) is 5.75 Å². The van der Waals surface area contributed by atoms with Gasteiger partial charge in [0.05, 0.1) is 6.54 Å². The van der Waals surface area contributed by atoms with Crippen molar-refractivity contribution >= 4 is 35.0 Å². The van der Waals surface area contributed by atoms with Gasteiger partial charge < -0.3 is 15.2 Å². The summed E-state index contributed by atoms with van der Waals surface area (Å²) in [4.78, 5) is 13.4. The van der Waals surface area contributed by atoms with Crippen molar-refractivity contribution in [3.63, 3.8) is 0 Å². The maximum absolute atomic E-state index is 11.8. The first-order chi connectivity index (χ1) is 11.6. The Morgan fingerprint density at radius 2 is 1.83 bits per heavy atom. The number of ether oxygens (including phenoxy) is 2. The summed E-state index contributed by atoms with van der Waals surface area (Å²) >= 11 is 12.2. The van der Waals surface area contributed by atoms with Gasteiger partial charge in [-0.3, -0.25) is 4.90 Å². The molecule has 0 bridgehead atoms. The lowest BCUT2D eigenvalue weighted by atomic mass is 10.2. The lowest BCUT2D eigenvalue weighted by molar-refractivity contribution is 0.145. The molecule has 1 fully saturated rings. The zero-order chi connectivity index (χ0) is 17.1. The van der Waals surface area contributed by atoms with Gasteiger partial charge in [-0.2, -0.15) is 0 Å². The van der Waals surface area contributed by atoms with Crippen molar-refractivity contribution in [3.8, 4) is 5.75 Å². The highest BCUT2D eigenvalue weighted by molar-refractivity contribution is 6.35. The molecule has 1 unspecified atom stereocenters. The summed E-state index contributed by atoms with van der Waals surface area (Å²) in [6, 6.07) is 12.5. The molecule has 0 radical (unpaired) electrons. The van der Waals surface area contributed by atoms with Gasteiger partial charge in [0.15, 0.2) is 0 Å². The van der Waals surface area contributed by atoms with Crippen LogP contribution < -0.4 is 15.4 Å². The average molecular weight is 367 g/mol. The van der Waals surface area contributed by atoms with Crippen molar-refractivity contribution < 1.29 is 14.3 Å². The van der Waals surface area contributed by atoms with Crippen LogP contribution in [-0.2, 0) is 11.3 Å². The van der Waals surface area contributed by atoms with Gasteiger partial charge in [0.2, 0.25) is 0 Å². The van der Waals surface area contributed by atoms with E-state index in [4.69, 9.17) is 38.4 Å². The normalized spacial score (nSPS) is 17.0. The monoisotopic (exact) mass is 366 g/mol. The molecule has 0 saturated carbocycles. The molecule has 1 heterocycles. The van der Waals surface area contributed by atoms with Crippen LogP contribution in [0.3, 0.4) is 0 Å². The van der Waals surface area contributed by atoms with Crippen LogP contribution >= 0.6 is 23.2 Å². The van der Waals surface area contributed by atoms with Gasteiger partial charge in [-0.15, -0.1) is 0 Å². The smallest absolute Gasteiger partial charge is 0.414 e. The predicted octanol–water partition coefficient (Wildman–Crippen LogP) is 3.86. The molecule has 1 atom stereocenters. The molecule has 0 aromatic heterocycles. The topological polar surface area (TPSA) is 64.8 Å². The van der Waals surface area contributed by atoms with E-state index in [1.54, 1.807) is 47.4 Å².